The monoisotopic (exact) mass is 2140 g/mol. The fourth-order valence-electron chi connectivity index (χ4n) is 13.8. The molecule has 57 nitrogen and oxygen atoms in total. The highest BCUT2D eigenvalue weighted by Crippen LogP contribution is 2.22. The SMILES string of the molecule is CC(C)[C@@H]1NC(=O)[C@H](CCCNC(=N)N)NC(=O)[C@H](C)NC(=O)[C@H](CC(N)=O)NC(=O)[C@H](CO)NC(=O)[C@@H](NC(=O)[C@H](CO)NC(=O)CNC(=O)[C@H](CCC(N)=O)NC(=O)[C@H](C)NC(=O)[C@H](CCCNC(=N)N)NC(=O)[C@H](CCCNC(=N)N)NC(=O)[C@@H]2CSCc3cccc(n3)CSC[C@@H](NC(=O)[C@@H](N)CO)C(=O)N2)CSCc2cccc(n2)CSC[C@@H](C(=O)N[C@@H](Cc2cnc[nH]2)C(=O)O)NC(=O)[C@H](C(C)C)NC1=O. The van der Waals surface area contributed by atoms with Gasteiger partial charge in [-0.1, -0.05) is 39.8 Å². The first-order valence-electron chi connectivity index (χ1n) is 46.5. The summed E-state index contributed by atoms with van der Waals surface area (Å²) in [5, 5.41) is 113. The summed E-state index contributed by atoms with van der Waals surface area (Å²) in [5.41, 5.74) is 35.5. The Morgan fingerprint density at radius 3 is 1.38 bits per heavy atom. The lowest BCUT2D eigenvalue weighted by molar-refractivity contribution is -0.142. The Kier molecular flexibility index (Phi) is 53.8. The number of carboxylic acid groups (broad SMARTS) is 1. The van der Waals surface area contributed by atoms with Crippen LogP contribution in [0.25, 0.3) is 0 Å². The largest absolute Gasteiger partial charge is 0.480 e. The van der Waals surface area contributed by atoms with Crippen LogP contribution in [0, 0.1) is 28.1 Å². The van der Waals surface area contributed by atoms with E-state index >= 15 is 0 Å². The van der Waals surface area contributed by atoms with Gasteiger partial charge in [-0.25, -0.2) is 9.78 Å². The van der Waals surface area contributed by atoms with Gasteiger partial charge in [-0.3, -0.25) is 117 Å². The maximum Gasteiger partial charge on any atom is 0.326 e. The second-order valence-corrected chi connectivity index (χ2v) is 38.8. The number of nitrogens with one attached hydrogen (secondary N) is 24. The molecule has 5 rings (SSSR count). The van der Waals surface area contributed by atoms with E-state index < -0.39 is 302 Å². The fourth-order valence-corrected chi connectivity index (χ4v) is 17.6. The van der Waals surface area contributed by atoms with Gasteiger partial charge >= 0.3 is 5.97 Å². The van der Waals surface area contributed by atoms with Crippen LogP contribution < -0.4 is 141 Å². The molecule has 0 aromatic carbocycles. The number of aromatic amines is 1. The van der Waals surface area contributed by atoms with Crippen molar-refractivity contribution in [2.24, 2.45) is 46.2 Å². The number of nitrogens with two attached hydrogens (primary N) is 6. The number of aromatic nitrogens is 4. The number of carboxylic acids is 1. The Labute approximate surface area is 861 Å². The number of hydrogen-bond donors (Lipinski definition) is 34. The zero-order chi connectivity index (χ0) is 109. The van der Waals surface area contributed by atoms with Gasteiger partial charge < -0.3 is 166 Å². The molecule has 147 heavy (non-hydrogen) atoms. The predicted octanol–water partition coefficient (Wildman–Crippen LogP) is -12.4. The molecule has 3 aromatic heterocycles. The van der Waals surface area contributed by atoms with Gasteiger partial charge in [0, 0.05) is 90.4 Å². The standard InChI is InChI=1S/C86H135N33O24S4/c1-40(2)65-81(140)117-61(78(137)112-55(83(142)143)24-48-26-96-39-101-48)38-147-34-47-15-8-14-46(105-47)33-146-37-60(79(138)113-57(30-122)76(135)111-54(25-63(89)124)74(133)103-43(6)67(126)107-52(18-11-23-99-86(94)95)73(132)118-66(41(3)4)82(141)119-65)115-75(134)56(29-121)106-64(125)27-100-70(129)53(19-20-62(88)123)108-68(127)42(5)102-71(130)50(16-9-21-97-84(90)91)109-72(131)51(17-10-22-98-85(92)93)110-77(136)59-36-145-32-45-13-7-12-44(104-45)31-144-35-58(80(139)116-59)114-69(128)49(87)28-120/h7-8,12-15,26,39-43,49-61,65-66,120-122H,9-11,16-25,27-38,87H2,1-6H3,(H2,88,123)(H2,89,124)(H,96,101)(H,100,129)(H,102,130)(H,103,133)(H,106,125)(H,107,126)(H,108,127)(H,109,131)(H,110,136)(H,111,135)(H,112,137)(H,113,138)(H,114,128)(H,115,134)(H,116,139)(H,117,140)(H,118,132)(H,119,141)(H,142,143)(H4,90,91,97)(H4,92,93,98)(H4,94,95,99)/t42-,43-,49-,50-,51-,52-,53-,54-,55-,56-,57-,58+,59-,60-,61-,65-,66-/m0/s1. The molecule has 0 saturated heterocycles. The molecular formula is C86H135N33O24S4. The van der Waals surface area contributed by atoms with Crippen LogP contribution in [0.5, 0.6) is 0 Å². The van der Waals surface area contributed by atoms with Crippen molar-refractivity contribution in [2.45, 2.75) is 231 Å². The number of aliphatic hydroxyl groups excluding tert-OH is 3. The number of hydrogen-bond acceptors (Lipinski definition) is 34. The number of nitrogens with zero attached hydrogens (tertiary/aromatic N) is 3. The zero-order valence-electron chi connectivity index (χ0n) is 81.7. The lowest BCUT2D eigenvalue weighted by atomic mass is 9.98. The number of aliphatic hydroxyl groups is 3. The third kappa shape index (κ3) is 45.2. The van der Waals surface area contributed by atoms with E-state index in [0.717, 1.165) is 37.4 Å². The van der Waals surface area contributed by atoms with Crippen LogP contribution in [0.15, 0.2) is 48.9 Å². The van der Waals surface area contributed by atoms with Crippen molar-refractivity contribution in [3.05, 3.63) is 77.4 Å². The van der Waals surface area contributed by atoms with Crippen molar-refractivity contribution in [3.8, 4) is 0 Å². The minimum atomic E-state index is -2.07. The molecule has 0 fully saturated rings. The van der Waals surface area contributed by atoms with E-state index in [1.165, 1.54) is 36.0 Å². The molecule has 19 amide bonds. The number of carbonyl (C=O) groups is 20. The van der Waals surface area contributed by atoms with Crippen LogP contribution in [0.1, 0.15) is 128 Å². The average Bonchev–Trinajstić information content (AvgIpc) is 1.77. The first-order valence-corrected chi connectivity index (χ1v) is 51.1. The molecule has 17 atom stereocenters. The predicted molar refractivity (Wildman–Crippen MR) is 537 cm³/mol. The van der Waals surface area contributed by atoms with Gasteiger partial charge in [0.1, 0.15) is 103 Å². The number of imidazole rings is 1. The van der Waals surface area contributed by atoms with Crippen molar-refractivity contribution in [1.82, 2.24) is 126 Å². The molecule has 3 aromatic rings. The highest BCUT2D eigenvalue weighted by molar-refractivity contribution is 7.99. The number of rotatable bonds is 43. The molecule has 812 valence electrons. The van der Waals surface area contributed by atoms with E-state index in [0.29, 0.717) is 34.2 Å². The third-order valence-electron chi connectivity index (χ3n) is 21.8. The van der Waals surface area contributed by atoms with Crippen molar-refractivity contribution in [1.29, 1.82) is 16.2 Å². The Morgan fingerprint density at radius 2 is 0.898 bits per heavy atom. The molecule has 0 saturated carbocycles. The number of carbonyl (C=O) groups excluding carboxylic acids is 19. The summed E-state index contributed by atoms with van der Waals surface area (Å²) in [4.78, 5) is 295. The number of guanidine groups is 3. The Hall–Kier alpha value is -14.0. The van der Waals surface area contributed by atoms with Gasteiger partial charge in [0.2, 0.25) is 112 Å². The summed E-state index contributed by atoms with van der Waals surface area (Å²) in [6, 6.07) is -17.8. The number of amides is 19. The Morgan fingerprint density at radius 1 is 0.456 bits per heavy atom. The summed E-state index contributed by atoms with van der Waals surface area (Å²) in [6.45, 7) is 4.09. The van der Waals surface area contributed by atoms with Crippen molar-refractivity contribution < 1.29 is 116 Å². The highest BCUT2D eigenvalue weighted by atomic mass is 32.2. The number of aliphatic carboxylic acids is 1. The lowest BCUT2D eigenvalue weighted by Crippen LogP contribution is -2.62. The fraction of sp³-hybridized carbons (Fsp3) is 0.581. The highest BCUT2D eigenvalue weighted by Gasteiger charge is 2.41. The van der Waals surface area contributed by atoms with Crippen LogP contribution in [0.2, 0.25) is 0 Å². The van der Waals surface area contributed by atoms with E-state index in [1.54, 1.807) is 64.1 Å². The first kappa shape index (κ1) is 123. The lowest BCUT2D eigenvalue weighted by Gasteiger charge is -2.30. The molecule has 0 aliphatic carbocycles. The second-order valence-electron chi connectivity index (χ2n) is 34.6. The van der Waals surface area contributed by atoms with Gasteiger partial charge in [0.25, 0.3) is 0 Å². The van der Waals surface area contributed by atoms with E-state index in [2.05, 4.69) is 126 Å². The average molecular weight is 2140 g/mol. The number of H-pyrrole nitrogens is 1. The summed E-state index contributed by atoms with van der Waals surface area (Å²) in [5.74, 6) is -25.3. The molecule has 5 heterocycles. The van der Waals surface area contributed by atoms with Gasteiger partial charge in [0.05, 0.1) is 61.9 Å². The summed E-state index contributed by atoms with van der Waals surface area (Å²) in [7, 11) is 0. The van der Waals surface area contributed by atoms with E-state index in [1.807, 2.05) is 0 Å². The van der Waals surface area contributed by atoms with Crippen LogP contribution in [-0.4, -0.2) is 348 Å². The zero-order valence-corrected chi connectivity index (χ0v) is 84.9. The van der Waals surface area contributed by atoms with Crippen molar-refractivity contribution in [2.75, 3.05) is 69.0 Å². The normalized spacial score (nSPS) is 20.8. The minimum absolute atomic E-state index is 0.000954. The Bertz CT molecular complexity index is 5070. The molecule has 2 aliphatic heterocycles. The molecule has 2 aliphatic rings. The van der Waals surface area contributed by atoms with Gasteiger partial charge in [-0.05, 0) is 94.9 Å². The number of fused-ring (bicyclic) bond motifs is 4. The second kappa shape index (κ2) is 64.1. The Balaban J connectivity index is 1.42. The van der Waals surface area contributed by atoms with Gasteiger partial charge in [-0.2, -0.15) is 47.0 Å². The topological polar surface area (TPSA) is 945 Å². The van der Waals surface area contributed by atoms with Crippen molar-refractivity contribution >= 4 is 183 Å². The molecule has 4 bridgehead atoms. The van der Waals surface area contributed by atoms with Crippen molar-refractivity contribution in [3.63, 3.8) is 0 Å². The quantitative estimate of drug-likeness (QED) is 0.0142. The van der Waals surface area contributed by atoms with Crippen LogP contribution >= 0.6 is 47.0 Å². The molecular weight excluding hydrogens is 2010 g/mol. The maximum absolute atomic E-state index is 14.6. The molecule has 61 heteroatoms. The number of thioether (sulfide) groups is 4. The van der Waals surface area contributed by atoms with Gasteiger partial charge in [-0.15, -0.1) is 0 Å². The first-order chi connectivity index (χ1) is 69.6. The van der Waals surface area contributed by atoms with E-state index in [9.17, 15) is 116 Å². The van der Waals surface area contributed by atoms with Crippen LogP contribution in [0.3, 0.4) is 0 Å². The maximum atomic E-state index is 14.6. The van der Waals surface area contributed by atoms with E-state index in [-0.39, 0.29) is 99.1 Å². The summed E-state index contributed by atoms with van der Waals surface area (Å²) >= 11 is 4.36. The molecule has 0 radical (unpaired) electrons. The minimum Gasteiger partial charge on any atom is -0.480 e. The number of pyridine rings is 2. The molecule has 0 unspecified atom stereocenters. The van der Waals surface area contributed by atoms with E-state index in [4.69, 9.17) is 50.6 Å². The molecule has 0 spiro atoms. The molecule has 40 N–H and O–H groups in total. The van der Waals surface area contributed by atoms with Gasteiger partial charge in [0.15, 0.2) is 17.9 Å². The third-order valence-corrected chi connectivity index (χ3v) is 26.1. The summed E-state index contributed by atoms with van der Waals surface area (Å²) < 4.78 is 0. The van der Waals surface area contributed by atoms with Crippen LogP contribution in [-0.2, 0) is 125 Å². The number of primary amides is 2. The van der Waals surface area contributed by atoms with Crippen LogP contribution in [0.4, 0.5) is 0 Å². The summed E-state index contributed by atoms with van der Waals surface area (Å²) in [6.07, 6.45) is -0.420. The smallest absolute Gasteiger partial charge is 0.326 e.